The second kappa shape index (κ2) is 47.7. The minimum atomic E-state index is -0.780. The van der Waals surface area contributed by atoms with Gasteiger partial charge in [0.25, 0.3) is 0 Å². The number of carbonyl (C=O) groups excluding carboxylic acids is 2. The number of hydrogen-bond donors (Lipinski definition) is 1. The van der Waals surface area contributed by atoms with Crippen molar-refractivity contribution >= 4 is 11.9 Å². The summed E-state index contributed by atoms with van der Waals surface area (Å²) in [7, 11) is 0. The minimum absolute atomic E-state index is 0.0747. The van der Waals surface area contributed by atoms with Crippen LogP contribution in [-0.2, 0) is 19.1 Å². The van der Waals surface area contributed by atoms with Crippen LogP contribution in [0, 0.1) is 0 Å². The third-order valence-electron chi connectivity index (χ3n) is 10.2. The molecule has 0 amide bonds. The number of hydrogen-bond acceptors (Lipinski definition) is 5. The molecule has 0 aliphatic carbocycles. The van der Waals surface area contributed by atoms with Crippen LogP contribution in [0.4, 0.5) is 0 Å². The lowest BCUT2D eigenvalue weighted by Gasteiger charge is -2.15. The predicted octanol–water partition coefficient (Wildman–Crippen LogP) is 15.7. The van der Waals surface area contributed by atoms with Crippen molar-refractivity contribution in [1.29, 1.82) is 0 Å². The Kier molecular flexibility index (Phi) is 45.5. The molecule has 328 valence electrons. The van der Waals surface area contributed by atoms with Gasteiger partial charge in [-0.1, -0.05) is 202 Å². The van der Waals surface area contributed by atoms with Crippen LogP contribution in [0.15, 0.2) is 72.9 Å². The van der Waals surface area contributed by atoms with E-state index in [-0.39, 0.29) is 25.2 Å². The third kappa shape index (κ3) is 45.9. The zero-order valence-electron chi connectivity index (χ0n) is 37.3. The van der Waals surface area contributed by atoms with Crippen LogP contribution in [0.1, 0.15) is 226 Å². The molecule has 5 heteroatoms. The Morgan fingerprint density at radius 2 is 0.754 bits per heavy atom. The van der Waals surface area contributed by atoms with Crippen LogP contribution >= 0.6 is 0 Å². The first kappa shape index (κ1) is 54.3. The molecular formula is C52H90O5. The Balaban J connectivity index is 3.52. The van der Waals surface area contributed by atoms with Crippen molar-refractivity contribution in [3.05, 3.63) is 72.9 Å². The largest absolute Gasteiger partial charge is 0.462 e. The monoisotopic (exact) mass is 795 g/mol. The van der Waals surface area contributed by atoms with Crippen LogP contribution in [0.3, 0.4) is 0 Å². The molecule has 0 fully saturated rings. The average Bonchev–Trinajstić information content (AvgIpc) is 3.21. The summed E-state index contributed by atoms with van der Waals surface area (Å²) in [5.41, 5.74) is 0. The molecule has 1 N–H and O–H groups in total. The van der Waals surface area contributed by atoms with Crippen molar-refractivity contribution in [2.24, 2.45) is 0 Å². The van der Waals surface area contributed by atoms with Crippen molar-refractivity contribution in [1.82, 2.24) is 0 Å². The molecule has 0 aliphatic rings. The van der Waals surface area contributed by atoms with Crippen LogP contribution in [0.2, 0.25) is 0 Å². The van der Waals surface area contributed by atoms with Crippen LogP contribution < -0.4 is 0 Å². The SMILES string of the molecule is CC/C=C\C/C=C\C/C=C\C/C=C\CCCCCCCCCCCCCCCCC(=O)OC(CO)COC(=O)CCCCCCC/C=C\C/C=C\CCCCCC. The minimum Gasteiger partial charge on any atom is -0.462 e. The highest BCUT2D eigenvalue weighted by Crippen LogP contribution is 2.15. The van der Waals surface area contributed by atoms with Crippen molar-refractivity contribution in [2.45, 2.75) is 232 Å². The molecule has 57 heavy (non-hydrogen) atoms. The fourth-order valence-corrected chi connectivity index (χ4v) is 6.63. The lowest BCUT2D eigenvalue weighted by atomic mass is 10.0. The molecule has 0 aromatic rings. The van der Waals surface area contributed by atoms with Gasteiger partial charge in [0.1, 0.15) is 6.61 Å². The second-order valence-corrected chi connectivity index (χ2v) is 15.8. The molecule has 0 radical (unpaired) electrons. The van der Waals surface area contributed by atoms with Gasteiger partial charge in [-0.2, -0.15) is 0 Å². The molecule has 1 unspecified atom stereocenters. The predicted molar refractivity (Wildman–Crippen MR) is 246 cm³/mol. The Bertz CT molecular complexity index is 1040. The maximum atomic E-state index is 12.2. The van der Waals surface area contributed by atoms with Crippen LogP contribution in [-0.4, -0.2) is 36.4 Å². The molecule has 0 heterocycles. The van der Waals surface area contributed by atoms with Gasteiger partial charge in [0.05, 0.1) is 6.61 Å². The van der Waals surface area contributed by atoms with E-state index in [1.54, 1.807) is 0 Å². The number of esters is 2. The summed E-state index contributed by atoms with van der Waals surface area (Å²) in [5, 5.41) is 9.60. The van der Waals surface area contributed by atoms with Gasteiger partial charge < -0.3 is 14.6 Å². The molecule has 0 bridgehead atoms. The molecule has 0 aromatic heterocycles. The van der Waals surface area contributed by atoms with Crippen LogP contribution in [0.25, 0.3) is 0 Å². The maximum absolute atomic E-state index is 12.2. The van der Waals surface area contributed by atoms with Crippen molar-refractivity contribution in [3.63, 3.8) is 0 Å². The molecule has 0 aromatic carbocycles. The van der Waals surface area contributed by atoms with E-state index in [1.807, 2.05) is 0 Å². The zero-order valence-corrected chi connectivity index (χ0v) is 37.3. The van der Waals surface area contributed by atoms with E-state index in [0.29, 0.717) is 12.8 Å². The zero-order chi connectivity index (χ0) is 41.4. The molecule has 0 saturated heterocycles. The lowest BCUT2D eigenvalue weighted by Crippen LogP contribution is -2.28. The number of allylic oxidation sites excluding steroid dienone is 12. The van der Waals surface area contributed by atoms with E-state index in [2.05, 4.69) is 86.8 Å². The summed E-state index contributed by atoms with van der Waals surface area (Å²) < 4.78 is 10.6. The third-order valence-corrected chi connectivity index (χ3v) is 10.2. The van der Waals surface area contributed by atoms with Gasteiger partial charge in [-0.25, -0.2) is 0 Å². The van der Waals surface area contributed by atoms with Crippen molar-refractivity contribution in [3.8, 4) is 0 Å². The summed E-state index contributed by atoms with van der Waals surface area (Å²) in [6.07, 6.45) is 64.1. The number of carbonyl (C=O) groups is 2. The van der Waals surface area contributed by atoms with E-state index in [1.165, 1.54) is 122 Å². The first-order valence-corrected chi connectivity index (χ1v) is 24.0. The first-order valence-electron chi connectivity index (χ1n) is 24.0. The molecular weight excluding hydrogens is 705 g/mol. The summed E-state index contributed by atoms with van der Waals surface area (Å²) in [6.45, 7) is 4.00. The lowest BCUT2D eigenvalue weighted by molar-refractivity contribution is -0.161. The van der Waals surface area contributed by atoms with Gasteiger partial charge in [-0.3, -0.25) is 9.59 Å². The first-order chi connectivity index (χ1) is 28.1. The summed E-state index contributed by atoms with van der Waals surface area (Å²) >= 11 is 0. The fraction of sp³-hybridized carbons (Fsp3) is 0.731. The summed E-state index contributed by atoms with van der Waals surface area (Å²) in [5.74, 6) is -0.606. The van der Waals surface area contributed by atoms with Gasteiger partial charge in [0, 0.05) is 12.8 Å². The number of aliphatic hydroxyl groups is 1. The molecule has 0 saturated carbocycles. The van der Waals surface area contributed by atoms with Gasteiger partial charge in [-0.05, 0) is 83.5 Å². The Hall–Kier alpha value is -2.66. The summed E-state index contributed by atoms with van der Waals surface area (Å²) in [6, 6.07) is 0. The molecule has 0 spiro atoms. The van der Waals surface area contributed by atoms with Gasteiger partial charge in [0.2, 0.25) is 0 Å². The second-order valence-electron chi connectivity index (χ2n) is 15.8. The van der Waals surface area contributed by atoms with E-state index < -0.39 is 6.10 Å². The van der Waals surface area contributed by atoms with Crippen LogP contribution in [0.5, 0.6) is 0 Å². The van der Waals surface area contributed by atoms with Gasteiger partial charge in [-0.15, -0.1) is 0 Å². The number of unbranched alkanes of at least 4 members (excludes halogenated alkanes) is 23. The van der Waals surface area contributed by atoms with Crippen molar-refractivity contribution < 1.29 is 24.2 Å². The van der Waals surface area contributed by atoms with Gasteiger partial charge in [0.15, 0.2) is 6.10 Å². The number of aliphatic hydroxyl groups excluding tert-OH is 1. The van der Waals surface area contributed by atoms with E-state index in [0.717, 1.165) is 77.0 Å². The average molecular weight is 795 g/mol. The van der Waals surface area contributed by atoms with E-state index >= 15 is 0 Å². The topological polar surface area (TPSA) is 72.8 Å². The van der Waals surface area contributed by atoms with Crippen molar-refractivity contribution in [2.75, 3.05) is 13.2 Å². The van der Waals surface area contributed by atoms with Gasteiger partial charge >= 0.3 is 11.9 Å². The number of rotatable bonds is 43. The molecule has 0 rings (SSSR count). The summed E-state index contributed by atoms with van der Waals surface area (Å²) in [4.78, 5) is 24.4. The molecule has 1 atom stereocenters. The smallest absolute Gasteiger partial charge is 0.306 e. The molecule has 0 aliphatic heterocycles. The maximum Gasteiger partial charge on any atom is 0.306 e. The fourth-order valence-electron chi connectivity index (χ4n) is 6.63. The van der Waals surface area contributed by atoms with E-state index in [4.69, 9.17) is 9.47 Å². The normalized spacial score (nSPS) is 12.8. The highest BCUT2D eigenvalue weighted by atomic mass is 16.6. The molecule has 5 nitrogen and oxygen atoms in total. The standard InChI is InChI=1S/C52H90O5/c1-3-5-7-9-11-13-15-17-19-21-22-23-24-25-26-27-28-29-30-31-33-35-37-39-41-43-45-47-52(55)57-50(48-53)49-56-51(54)46-44-42-40-38-36-34-32-20-18-16-14-12-10-8-6-4-2/h5,7,11,13-14,16-17,19-20,22-23,32,50,53H,3-4,6,8-10,12,15,18,21,24-31,33-49H2,1-2H3/b7-5-,13-11-,16-14-,19-17-,23-22-,32-20-. The Morgan fingerprint density at radius 3 is 1.14 bits per heavy atom. The van der Waals surface area contributed by atoms with E-state index in [9.17, 15) is 14.7 Å². The Morgan fingerprint density at radius 1 is 0.421 bits per heavy atom. The highest BCUT2D eigenvalue weighted by Gasteiger charge is 2.16. The highest BCUT2D eigenvalue weighted by molar-refractivity contribution is 5.70. The Labute approximate surface area is 353 Å². The number of ether oxygens (including phenoxy) is 2. The quantitative estimate of drug-likeness (QED) is 0.0378.